The van der Waals surface area contributed by atoms with Crippen LogP contribution >= 0.6 is 0 Å². The summed E-state index contributed by atoms with van der Waals surface area (Å²) in [6.07, 6.45) is 6.36. The van der Waals surface area contributed by atoms with Gasteiger partial charge < -0.3 is 5.11 Å². The number of rotatable bonds is 3. The van der Waals surface area contributed by atoms with Gasteiger partial charge in [-0.2, -0.15) is 0 Å². The second-order valence-electron chi connectivity index (χ2n) is 6.31. The van der Waals surface area contributed by atoms with Crippen LogP contribution in [0, 0.1) is 11.3 Å². The molecule has 1 saturated carbocycles. The highest BCUT2D eigenvalue weighted by atomic mass is 16.3. The van der Waals surface area contributed by atoms with Crippen LogP contribution in [-0.4, -0.2) is 20.8 Å². The van der Waals surface area contributed by atoms with Gasteiger partial charge in [-0.25, -0.2) is 4.98 Å². The normalized spacial score (nSPS) is 28.3. The fourth-order valence-corrected chi connectivity index (χ4v) is 3.22. The van der Waals surface area contributed by atoms with Crippen LogP contribution in [0.1, 0.15) is 52.5 Å². The van der Waals surface area contributed by atoms with Crippen LogP contribution in [0.5, 0.6) is 0 Å². The fraction of sp³-hybridized carbons (Fsp3) is 0.733. The Morgan fingerprint density at radius 2 is 2.21 bits per heavy atom. The standard InChI is InChI=1S/C15H24N2O2/c1-4-15(2,3)12-6-5-11(18)9-13(12)17-10-16-8-7-14(17)19/h7-8,10-13,18H,4-6,9H2,1-3H3. The molecule has 3 atom stereocenters. The van der Waals surface area contributed by atoms with Crippen molar-refractivity contribution in [3.63, 3.8) is 0 Å². The Morgan fingerprint density at radius 3 is 2.84 bits per heavy atom. The zero-order valence-electron chi connectivity index (χ0n) is 12.0. The Labute approximate surface area is 114 Å². The molecular weight excluding hydrogens is 240 g/mol. The zero-order chi connectivity index (χ0) is 14.0. The SMILES string of the molecule is CCC(C)(C)C1CCC(O)CC1n1cnccc1=O. The lowest BCUT2D eigenvalue weighted by molar-refractivity contribution is 0.0200. The van der Waals surface area contributed by atoms with Crippen LogP contribution in [-0.2, 0) is 0 Å². The van der Waals surface area contributed by atoms with Crippen molar-refractivity contribution in [1.29, 1.82) is 0 Å². The van der Waals surface area contributed by atoms with Crippen molar-refractivity contribution in [2.75, 3.05) is 0 Å². The maximum Gasteiger partial charge on any atom is 0.253 e. The predicted octanol–water partition coefficient (Wildman–Crippen LogP) is 2.38. The van der Waals surface area contributed by atoms with Gasteiger partial charge >= 0.3 is 0 Å². The van der Waals surface area contributed by atoms with Crippen LogP contribution in [0.15, 0.2) is 23.4 Å². The lowest BCUT2D eigenvalue weighted by Crippen LogP contribution is -2.41. The summed E-state index contributed by atoms with van der Waals surface area (Å²) < 4.78 is 1.71. The van der Waals surface area contributed by atoms with E-state index in [2.05, 4.69) is 25.8 Å². The Morgan fingerprint density at radius 1 is 1.47 bits per heavy atom. The van der Waals surface area contributed by atoms with E-state index in [9.17, 15) is 9.90 Å². The third kappa shape index (κ3) is 2.89. The molecule has 1 aromatic rings. The number of nitrogens with zero attached hydrogens (tertiary/aromatic N) is 2. The van der Waals surface area contributed by atoms with E-state index in [-0.39, 0.29) is 23.1 Å². The first kappa shape index (κ1) is 14.3. The van der Waals surface area contributed by atoms with Crippen LogP contribution in [0.3, 0.4) is 0 Å². The quantitative estimate of drug-likeness (QED) is 0.912. The van der Waals surface area contributed by atoms with Crippen molar-refractivity contribution in [3.05, 3.63) is 28.9 Å². The van der Waals surface area contributed by atoms with Gasteiger partial charge in [-0.1, -0.05) is 27.2 Å². The minimum absolute atomic E-state index is 0.0222. The summed E-state index contributed by atoms with van der Waals surface area (Å²) >= 11 is 0. The average molecular weight is 264 g/mol. The monoisotopic (exact) mass is 264 g/mol. The Bertz CT molecular complexity index is 481. The molecule has 3 unspecified atom stereocenters. The van der Waals surface area contributed by atoms with E-state index in [0.717, 1.165) is 19.3 Å². The fourth-order valence-electron chi connectivity index (χ4n) is 3.22. The van der Waals surface area contributed by atoms with E-state index in [0.29, 0.717) is 12.3 Å². The Kier molecular flexibility index (Phi) is 4.09. The highest BCUT2D eigenvalue weighted by Gasteiger charge is 2.39. The van der Waals surface area contributed by atoms with Crippen LogP contribution in [0.25, 0.3) is 0 Å². The molecule has 0 amide bonds. The maximum absolute atomic E-state index is 12.0. The van der Waals surface area contributed by atoms with Crippen LogP contribution < -0.4 is 5.56 Å². The third-order valence-corrected chi connectivity index (χ3v) is 4.81. The van der Waals surface area contributed by atoms with Crippen molar-refractivity contribution in [2.24, 2.45) is 11.3 Å². The molecule has 4 nitrogen and oxygen atoms in total. The van der Waals surface area contributed by atoms with E-state index in [4.69, 9.17) is 0 Å². The smallest absolute Gasteiger partial charge is 0.253 e. The molecule has 0 aromatic carbocycles. The second-order valence-corrected chi connectivity index (χ2v) is 6.31. The van der Waals surface area contributed by atoms with Gasteiger partial charge in [0.2, 0.25) is 0 Å². The lowest BCUT2D eigenvalue weighted by Gasteiger charge is -2.44. The van der Waals surface area contributed by atoms with E-state index in [1.807, 2.05) is 0 Å². The summed E-state index contributed by atoms with van der Waals surface area (Å²) in [6.45, 7) is 6.70. The number of hydrogen-bond donors (Lipinski definition) is 1. The van der Waals surface area contributed by atoms with Gasteiger partial charge in [0.15, 0.2) is 0 Å². The molecule has 0 bridgehead atoms. The molecule has 4 heteroatoms. The first-order chi connectivity index (χ1) is 8.95. The van der Waals surface area contributed by atoms with Gasteiger partial charge in [0.1, 0.15) is 0 Å². The van der Waals surface area contributed by atoms with Crippen LogP contribution in [0.4, 0.5) is 0 Å². The highest BCUT2D eigenvalue weighted by Crippen LogP contribution is 2.45. The molecule has 106 valence electrons. The van der Waals surface area contributed by atoms with Crippen LogP contribution in [0.2, 0.25) is 0 Å². The summed E-state index contributed by atoms with van der Waals surface area (Å²) in [4.78, 5) is 16.1. The Balaban J connectivity index is 2.38. The zero-order valence-corrected chi connectivity index (χ0v) is 12.0. The number of hydrogen-bond acceptors (Lipinski definition) is 3. The predicted molar refractivity (Wildman–Crippen MR) is 75.0 cm³/mol. The summed E-state index contributed by atoms with van der Waals surface area (Å²) in [5.74, 6) is 0.405. The lowest BCUT2D eigenvalue weighted by atomic mass is 9.66. The van der Waals surface area contributed by atoms with E-state index in [1.54, 1.807) is 10.9 Å². The van der Waals surface area contributed by atoms with E-state index >= 15 is 0 Å². The molecule has 0 aliphatic heterocycles. The largest absolute Gasteiger partial charge is 0.393 e. The average Bonchev–Trinajstić information content (AvgIpc) is 2.39. The molecule has 0 spiro atoms. The molecule has 0 saturated heterocycles. The topological polar surface area (TPSA) is 55.1 Å². The molecule has 19 heavy (non-hydrogen) atoms. The van der Waals surface area contributed by atoms with Gasteiger partial charge in [-0.3, -0.25) is 9.36 Å². The van der Waals surface area contributed by atoms with Gasteiger partial charge in [0.05, 0.1) is 12.4 Å². The molecular formula is C15H24N2O2. The van der Waals surface area contributed by atoms with E-state index in [1.165, 1.54) is 12.3 Å². The van der Waals surface area contributed by atoms with Gasteiger partial charge in [-0.15, -0.1) is 0 Å². The molecule has 1 heterocycles. The first-order valence-corrected chi connectivity index (χ1v) is 7.16. The molecule has 1 aliphatic rings. The van der Waals surface area contributed by atoms with E-state index < -0.39 is 0 Å². The van der Waals surface area contributed by atoms with Crippen molar-refractivity contribution in [3.8, 4) is 0 Å². The summed E-state index contributed by atoms with van der Waals surface area (Å²) in [6, 6.07) is 1.55. The van der Waals surface area contributed by atoms with Crippen molar-refractivity contribution < 1.29 is 5.11 Å². The van der Waals surface area contributed by atoms with Crippen molar-refractivity contribution in [2.45, 2.75) is 58.6 Å². The molecule has 1 aliphatic carbocycles. The first-order valence-electron chi connectivity index (χ1n) is 7.16. The number of aliphatic hydroxyl groups is 1. The second kappa shape index (κ2) is 5.45. The minimum Gasteiger partial charge on any atom is -0.393 e. The van der Waals surface area contributed by atoms with Crippen molar-refractivity contribution >= 4 is 0 Å². The summed E-state index contributed by atoms with van der Waals surface area (Å²) in [5.41, 5.74) is 0.145. The van der Waals surface area contributed by atoms with Gasteiger partial charge in [0, 0.05) is 18.3 Å². The minimum atomic E-state index is -0.305. The molecule has 1 fully saturated rings. The number of aliphatic hydroxyl groups excluding tert-OH is 1. The van der Waals surface area contributed by atoms with Gasteiger partial charge in [0.25, 0.3) is 5.56 Å². The maximum atomic E-state index is 12.0. The molecule has 1 N–H and O–H groups in total. The Hall–Kier alpha value is -1.16. The molecule has 0 radical (unpaired) electrons. The summed E-state index contributed by atoms with van der Waals surface area (Å²) in [5, 5.41) is 9.95. The summed E-state index contributed by atoms with van der Waals surface area (Å²) in [7, 11) is 0. The molecule has 1 aromatic heterocycles. The third-order valence-electron chi connectivity index (χ3n) is 4.81. The molecule has 2 rings (SSSR count). The van der Waals surface area contributed by atoms with Crippen molar-refractivity contribution in [1.82, 2.24) is 9.55 Å². The highest BCUT2D eigenvalue weighted by molar-refractivity contribution is 4.95. The number of aromatic nitrogens is 2. The van der Waals surface area contributed by atoms with Gasteiger partial charge in [-0.05, 0) is 30.6 Å².